The van der Waals surface area contributed by atoms with Crippen LogP contribution in [-0.2, 0) is 26.4 Å². The van der Waals surface area contributed by atoms with E-state index in [0.29, 0.717) is 16.7 Å². The van der Waals surface area contributed by atoms with Gasteiger partial charge < -0.3 is 33.9 Å². The summed E-state index contributed by atoms with van der Waals surface area (Å²) in [6.45, 7) is 7.24. The summed E-state index contributed by atoms with van der Waals surface area (Å²) in [7, 11) is 3.36. The minimum atomic E-state index is -1.92. The molecule has 6 rings (SSSR count). The zero-order chi connectivity index (χ0) is 32.3. The third-order valence-electron chi connectivity index (χ3n) is 8.42. The van der Waals surface area contributed by atoms with Crippen molar-refractivity contribution in [1.82, 2.24) is 25.0 Å². The van der Waals surface area contributed by atoms with Gasteiger partial charge in [0.1, 0.15) is 17.1 Å². The van der Waals surface area contributed by atoms with E-state index in [9.17, 15) is 19.2 Å². The summed E-state index contributed by atoms with van der Waals surface area (Å²) in [5.41, 5.74) is -1.73. The van der Waals surface area contributed by atoms with Gasteiger partial charge in [-0.1, -0.05) is 6.07 Å². The van der Waals surface area contributed by atoms with Gasteiger partial charge in [0.2, 0.25) is 0 Å². The number of hydrogen-bond donors (Lipinski definition) is 1. The van der Waals surface area contributed by atoms with Crippen LogP contribution in [0.1, 0.15) is 42.5 Å². The number of aromatic nitrogens is 1. The first-order valence-electron chi connectivity index (χ1n) is 14.6. The van der Waals surface area contributed by atoms with Crippen molar-refractivity contribution in [2.45, 2.75) is 32.9 Å². The first kappa shape index (κ1) is 30.3. The summed E-state index contributed by atoms with van der Waals surface area (Å²) in [6.07, 6.45) is 0. The van der Waals surface area contributed by atoms with E-state index in [-0.39, 0.29) is 30.2 Å². The summed E-state index contributed by atoms with van der Waals surface area (Å²) in [5, 5.41) is 2.70. The molecule has 0 aliphatic carbocycles. The van der Waals surface area contributed by atoms with Gasteiger partial charge >= 0.3 is 12.0 Å². The summed E-state index contributed by atoms with van der Waals surface area (Å²) in [5.74, 6) is -2.20. The number of nitrogens with zero attached hydrogens (tertiary/aromatic N) is 5. The molecule has 5 heterocycles. The lowest BCUT2D eigenvalue weighted by Gasteiger charge is -2.33. The Morgan fingerprint density at radius 1 is 1.11 bits per heavy atom. The minimum absolute atomic E-state index is 0.0228. The maximum atomic E-state index is 15.2. The predicted octanol–water partition coefficient (Wildman–Crippen LogP) is 2.68. The van der Waals surface area contributed by atoms with Crippen LogP contribution >= 0.6 is 0 Å². The molecule has 0 radical (unpaired) electrons. The Kier molecular flexibility index (Phi) is 7.42. The fourth-order valence-corrected chi connectivity index (χ4v) is 5.74. The van der Waals surface area contributed by atoms with E-state index < -0.39 is 47.3 Å². The number of likely N-dealkylation sites (N-methyl/N-ethyl adjacent to an activating group) is 1. The average Bonchev–Trinajstić information content (AvgIpc) is 3.64. The van der Waals surface area contributed by atoms with Crippen molar-refractivity contribution >= 4 is 40.7 Å². The number of amides is 4. The van der Waals surface area contributed by atoms with E-state index in [1.807, 2.05) is 6.07 Å². The number of imide groups is 1. The van der Waals surface area contributed by atoms with Crippen LogP contribution in [0.25, 0.3) is 11.1 Å². The molecule has 2 fully saturated rings. The first-order valence-corrected chi connectivity index (χ1v) is 14.6. The van der Waals surface area contributed by atoms with Crippen LogP contribution in [0.2, 0.25) is 0 Å². The van der Waals surface area contributed by atoms with Crippen LogP contribution in [0.4, 0.5) is 15.0 Å². The van der Waals surface area contributed by atoms with Crippen LogP contribution in [-0.4, -0.2) is 97.1 Å². The molecule has 3 aliphatic heterocycles. The van der Waals surface area contributed by atoms with E-state index in [1.54, 1.807) is 39.0 Å². The lowest BCUT2D eigenvalue weighted by atomic mass is 9.95. The highest BCUT2D eigenvalue weighted by molar-refractivity contribution is 6.08. The predicted molar refractivity (Wildman–Crippen MR) is 159 cm³/mol. The van der Waals surface area contributed by atoms with Gasteiger partial charge in [0, 0.05) is 38.8 Å². The standard InChI is InChI=1S/C31H35FN6O7/c1-30(2,3)28(41)44-17-38-27(40)31(34-29(38)42,16-37-15-18-6-7-21(43-5)25(32)24(18)26(37)39)22-14-19-20(45-22)8-9-23(33-19)36-12-10-35(4)11-13-36/h6-9,14H,10-13,15-17H2,1-5H3,(H,34,42)/t31-/m0/s1. The monoisotopic (exact) mass is 622 g/mol. The number of nitrogens with one attached hydrogen (secondary N) is 1. The Morgan fingerprint density at radius 2 is 1.84 bits per heavy atom. The number of fused-ring (bicyclic) bond motifs is 2. The minimum Gasteiger partial charge on any atom is -0.494 e. The molecular formula is C31H35FN6O7. The number of halogens is 1. The number of piperazine rings is 1. The molecule has 14 heteroatoms. The normalized spacial score (nSPS) is 20.7. The Labute approximate surface area is 258 Å². The molecule has 1 atom stereocenters. The highest BCUT2D eigenvalue weighted by Crippen LogP contribution is 2.38. The maximum absolute atomic E-state index is 15.2. The number of anilines is 1. The number of methoxy groups -OCH3 is 1. The molecule has 0 bridgehead atoms. The second-order valence-corrected chi connectivity index (χ2v) is 12.6. The number of pyridine rings is 1. The van der Waals surface area contributed by atoms with Crippen molar-refractivity contribution in [3.8, 4) is 5.75 Å². The van der Waals surface area contributed by atoms with E-state index in [4.69, 9.17) is 18.9 Å². The van der Waals surface area contributed by atoms with Gasteiger partial charge in [0.15, 0.2) is 29.4 Å². The van der Waals surface area contributed by atoms with E-state index in [0.717, 1.165) is 36.9 Å². The van der Waals surface area contributed by atoms with E-state index >= 15 is 4.39 Å². The molecule has 0 unspecified atom stereocenters. The summed E-state index contributed by atoms with van der Waals surface area (Å²) in [6, 6.07) is 7.31. The number of hydrogen-bond acceptors (Lipinski definition) is 10. The van der Waals surface area contributed by atoms with E-state index in [1.165, 1.54) is 18.1 Å². The number of esters is 1. The zero-order valence-electron chi connectivity index (χ0n) is 25.8. The first-order chi connectivity index (χ1) is 21.3. The van der Waals surface area contributed by atoms with Crippen LogP contribution in [0.15, 0.2) is 34.7 Å². The number of rotatable bonds is 7. The topological polar surface area (TPSA) is 138 Å². The van der Waals surface area contributed by atoms with Gasteiger partial charge in [-0.2, -0.15) is 0 Å². The number of furan rings is 1. The Hall–Kier alpha value is -4.72. The van der Waals surface area contributed by atoms with Crippen LogP contribution < -0.4 is 15.0 Å². The van der Waals surface area contributed by atoms with Crippen LogP contribution in [0.5, 0.6) is 5.75 Å². The van der Waals surface area contributed by atoms with Gasteiger partial charge in [-0.15, -0.1) is 0 Å². The molecule has 2 saturated heterocycles. The second-order valence-electron chi connectivity index (χ2n) is 12.6. The van der Waals surface area contributed by atoms with Crippen LogP contribution in [0.3, 0.4) is 0 Å². The highest BCUT2D eigenvalue weighted by atomic mass is 19.1. The third kappa shape index (κ3) is 5.22. The summed E-state index contributed by atoms with van der Waals surface area (Å²) < 4.78 is 31.7. The summed E-state index contributed by atoms with van der Waals surface area (Å²) in [4.78, 5) is 64.7. The highest BCUT2D eigenvalue weighted by Gasteiger charge is 2.57. The van der Waals surface area contributed by atoms with Crippen molar-refractivity contribution in [2.24, 2.45) is 5.41 Å². The quantitative estimate of drug-likeness (QED) is 0.309. The third-order valence-corrected chi connectivity index (χ3v) is 8.42. The number of urea groups is 1. The number of carbonyl (C=O) groups is 4. The van der Waals surface area contributed by atoms with Gasteiger partial charge in [0.25, 0.3) is 11.8 Å². The number of carbonyl (C=O) groups excluding carboxylic acids is 4. The molecule has 4 amide bonds. The molecule has 1 aromatic carbocycles. The van der Waals surface area contributed by atoms with Crippen molar-refractivity contribution in [3.05, 3.63) is 53.0 Å². The lowest BCUT2D eigenvalue weighted by molar-refractivity contribution is -0.158. The average molecular weight is 623 g/mol. The lowest BCUT2D eigenvalue weighted by Crippen LogP contribution is -2.52. The molecular weight excluding hydrogens is 587 g/mol. The van der Waals surface area contributed by atoms with Gasteiger partial charge in [-0.25, -0.2) is 19.1 Å². The largest absolute Gasteiger partial charge is 0.494 e. The summed E-state index contributed by atoms with van der Waals surface area (Å²) >= 11 is 0. The van der Waals surface area contributed by atoms with Gasteiger partial charge in [-0.3, -0.25) is 14.4 Å². The fraction of sp³-hybridized carbons (Fsp3) is 0.452. The molecule has 0 spiro atoms. The maximum Gasteiger partial charge on any atom is 0.328 e. The van der Waals surface area contributed by atoms with Gasteiger partial charge in [0.05, 0.1) is 24.6 Å². The molecule has 2 aromatic heterocycles. The molecule has 45 heavy (non-hydrogen) atoms. The second kappa shape index (κ2) is 11.0. The van der Waals surface area contributed by atoms with Crippen LogP contribution in [0, 0.1) is 11.2 Å². The fourth-order valence-electron chi connectivity index (χ4n) is 5.74. The van der Waals surface area contributed by atoms with E-state index in [2.05, 4.69) is 22.2 Å². The smallest absolute Gasteiger partial charge is 0.328 e. The van der Waals surface area contributed by atoms with Crippen molar-refractivity contribution in [2.75, 3.05) is 58.5 Å². The number of ether oxygens (including phenoxy) is 2. The molecule has 238 valence electrons. The Morgan fingerprint density at radius 3 is 2.53 bits per heavy atom. The van der Waals surface area contributed by atoms with Crippen molar-refractivity contribution in [1.29, 1.82) is 0 Å². The Bertz CT molecular complexity index is 1710. The van der Waals surface area contributed by atoms with Gasteiger partial charge in [-0.05, 0) is 51.6 Å². The molecule has 3 aliphatic rings. The SMILES string of the molecule is COc1ccc2c(c1F)C(=O)N(C[C@@]1(c3cc4nc(N5CCN(C)CC5)ccc4o3)NC(=O)N(COC(=O)C(C)(C)C)C1=O)C2. The zero-order valence-corrected chi connectivity index (χ0v) is 25.8. The van der Waals surface area contributed by atoms with Crippen molar-refractivity contribution in [3.63, 3.8) is 0 Å². The molecule has 0 saturated carbocycles. The number of benzene rings is 1. The van der Waals surface area contributed by atoms with Crippen molar-refractivity contribution < 1.29 is 37.5 Å². The molecule has 1 N–H and O–H groups in total. The Balaban J connectivity index is 1.36. The molecule has 13 nitrogen and oxygen atoms in total. The molecule has 3 aromatic rings.